The van der Waals surface area contributed by atoms with E-state index in [0.29, 0.717) is 11.8 Å². The van der Waals surface area contributed by atoms with Crippen LogP contribution in [0.15, 0.2) is 27.1 Å². The zero-order valence-electron chi connectivity index (χ0n) is 9.49. The minimum absolute atomic E-state index is 0.259. The van der Waals surface area contributed by atoms with Gasteiger partial charge in [-0.3, -0.25) is 0 Å². The Hall–Kier alpha value is -1.16. The summed E-state index contributed by atoms with van der Waals surface area (Å²) in [7, 11) is 0. The largest absolute Gasteiger partial charge is 0.420 e. The minimum Gasteiger partial charge on any atom is -0.420 e. The van der Waals surface area contributed by atoms with Gasteiger partial charge in [-0.1, -0.05) is 29.8 Å². The number of benzene rings is 1. The fourth-order valence-electron chi connectivity index (χ4n) is 1.44. The molecule has 1 aromatic heterocycles. The first kappa shape index (κ1) is 11.3. The number of aromatic nitrogens is 2. The van der Waals surface area contributed by atoms with Crippen LogP contribution in [-0.2, 0) is 0 Å². The Labute approximate surface area is 103 Å². The van der Waals surface area contributed by atoms with Gasteiger partial charge < -0.3 is 4.42 Å². The number of hydrogen-bond donors (Lipinski definition) is 0. The summed E-state index contributed by atoms with van der Waals surface area (Å²) in [6.07, 6.45) is 0. The Bertz CT molecular complexity index is 485. The van der Waals surface area contributed by atoms with Crippen LogP contribution in [0.5, 0.6) is 0 Å². The van der Waals surface area contributed by atoms with Crippen LogP contribution in [0.2, 0.25) is 0 Å². The molecule has 0 saturated carbocycles. The van der Waals surface area contributed by atoms with Crippen LogP contribution in [0.1, 0.15) is 31.2 Å². The maximum absolute atomic E-state index is 5.60. The lowest BCUT2D eigenvalue weighted by Crippen LogP contribution is -1.85. The summed E-state index contributed by atoms with van der Waals surface area (Å²) in [4.78, 5) is 0. The van der Waals surface area contributed by atoms with Gasteiger partial charge in [0.1, 0.15) is 0 Å². The summed E-state index contributed by atoms with van der Waals surface area (Å²) < 4.78 is 6.62. The molecule has 0 unspecified atom stereocenters. The maximum Gasteiger partial charge on any atom is 0.247 e. The van der Waals surface area contributed by atoms with E-state index in [1.54, 1.807) is 0 Å². The molecular formula is C12H13BrN2O. The van der Waals surface area contributed by atoms with E-state index >= 15 is 0 Å². The van der Waals surface area contributed by atoms with Gasteiger partial charge in [-0.2, -0.15) is 0 Å². The first-order valence-electron chi connectivity index (χ1n) is 5.17. The molecule has 1 heterocycles. The molecule has 2 aromatic rings. The average Bonchev–Trinajstić information content (AvgIpc) is 2.64. The van der Waals surface area contributed by atoms with Crippen molar-refractivity contribution in [1.29, 1.82) is 0 Å². The Kier molecular flexibility index (Phi) is 3.10. The lowest BCUT2D eigenvalue weighted by Gasteiger charge is -1.99. The van der Waals surface area contributed by atoms with Crippen LogP contribution >= 0.6 is 15.9 Å². The number of aryl methyl sites for hydroxylation is 1. The van der Waals surface area contributed by atoms with Gasteiger partial charge in [0.25, 0.3) is 0 Å². The average molecular weight is 281 g/mol. The molecule has 1 aromatic carbocycles. The first-order valence-corrected chi connectivity index (χ1v) is 5.96. The number of hydrogen-bond acceptors (Lipinski definition) is 3. The topological polar surface area (TPSA) is 38.9 Å². The van der Waals surface area contributed by atoms with Crippen molar-refractivity contribution < 1.29 is 4.42 Å². The smallest absolute Gasteiger partial charge is 0.247 e. The van der Waals surface area contributed by atoms with Crippen LogP contribution in [0.3, 0.4) is 0 Å². The van der Waals surface area contributed by atoms with Gasteiger partial charge in [-0.15, -0.1) is 10.2 Å². The normalized spacial score (nSPS) is 11.1. The maximum atomic E-state index is 5.60. The van der Waals surface area contributed by atoms with E-state index in [1.807, 2.05) is 39.0 Å². The molecule has 0 atom stereocenters. The molecule has 0 amide bonds. The SMILES string of the molecule is Cc1cc(Br)cc(-c2nnc(C(C)C)o2)c1. The van der Waals surface area contributed by atoms with Crippen molar-refractivity contribution >= 4 is 15.9 Å². The molecule has 0 aliphatic carbocycles. The predicted octanol–water partition coefficient (Wildman–Crippen LogP) is 3.93. The zero-order chi connectivity index (χ0) is 11.7. The third kappa shape index (κ3) is 2.32. The van der Waals surface area contributed by atoms with E-state index in [4.69, 9.17) is 4.42 Å². The number of halogens is 1. The predicted molar refractivity (Wildman–Crippen MR) is 66.3 cm³/mol. The van der Waals surface area contributed by atoms with Crippen molar-refractivity contribution in [3.8, 4) is 11.5 Å². The third-order valence-corrected chi connectivity index (χ3v) is 2.68. The van der Waals surface area contributed by atoms with Crippen LogP contribution in [0.4, 0.5) is 0 Å². The summed E-state index contributed by atoms with van der Waals surface area (Å²) in [5.41, 5.74) is 2.11. The lowest BCUT2D eigenvalue weighted by atomic mass is 10.1. The first-order chi connectivity index (χ1) is 7.56. The van der Waals surface area contributed by atoms with E-state index < -0.39 is 0 Å². The molecule has 0 spiro atoms. The molecule has 3 nitrogen and oxygen atoms in total. The fourth-order valence-corrected chi connectivity index (χ4v) is 2.05. The van der Waals surface area contributed by atoms with Crippen LogP contribution < -0.4 is 0 Å². The molecule has 0 fully saturated rings. The molecule has 2 rings (SSSR count). The monoisotopic (exact) mass is 280 g/mol. The Morgan fingerprint density at radius 3 is 2.50 bits per heavy atom. The zero-order valence-corrected chi connectivity index (χ0v) is 11.1. The van der Waals surface area contributed by atoms with Crippen molar-refractivity contribution in [3.63, 3.8) is 0 Å². The quantitative estimate of drug-likeness (QED) is 0.837. The minimum atomic E-state index is 0.259. The van der Waals surface area contributed by atoms with Crippen LogP contribution in [0, 0.1) is 6.92 Å². The highest BCUT2D eigenvalue weighted by molar-refractivity contribution is 9.10. The van der Waals surface area contributed by atoms with E-state index in [1.165, 1.54) is 0 Å². The van der Waals surface area contributed by atoms with Crippen molar-refractivity contribution in [1.82, 2.24) is 10.2 Å². The van der Waals surface area contributed by atoms with Gasteiger partial charge in [0.05, 0.1) is 0 Å². The molecule has 0 saturated heterocycles. The number of nitrogens with zero attached hydrogens (tertiary/aromatic N) is 2. The summed E-state index contributed by atoms with van der Waals surface area (Å²) in [5.74, 6) is 1.51. The molecule has 4 heteroatoms. The van der Waals surface area contributed by atoms with Crippen LogP contribution in [0.25, 0.3) is 11.5 Å². The van der Waals surface area contributed by atoms with Gasteiger partial charge >= 0.3 is 0 Å². The van der Waals surface area contributed by atoms with Gasteiger partial charge in [0.2, 0.25) is 11.8 Å². The van der Waals surface area contributed by atoms with Gasteiger partial charge in [-0.25, -0.2) is 0 Å². The summed E-state index contributed by atoms with van der Waals surface area (Å²) in [5, 5.41) is 8.07. The van der Waals surface area contributed by atoms with E-state index in [0.717, 1.165) is 15.6 Å². The second-order valence-electron chi connectivity index (χ2n) is 4.12. The van der Waals surface area contributed by atoms with E-state index in [2.05, 4.69) is 26.1 Å². The number of rotatable bonds is 2. The van der Waals surface area contributed by atoms with Crippen LogP contribution in [-0.4, -0.2) is 10.2 Å². The van der Waals surface area contributed by atoms with E-state index in [-0.39, 0.29) is 5.92 Å². The van der Waals surface area contributed by atoms with Crippen molar-refractivity contribution in [2.45, 2.75) is 26.7 Å². The molecular weight excluding hydrogens is 268 g/mol. The van der Waals surface area contributed by atoms with Gasteiger partial charge in [-0.05, 0) is 30.7 Å². The standard InChI is InChI=1S/C12H13BrN2O/c1-7(2)11-14-15-12(16-11)9-4-8(3)5-10(13)6-9/h4-7H,1-3H3. The highest BCUT2D eigenvalue weighted by Gasteiger charge is 2.11. The fraction of sp³-hybridized carbons (Fsp3) is 0.333. The Balaban J connectivity index is 2.42. The second kappa shape index (κ2) is 4.37. The Morgan fingerprint density at radius 2 is 1.94 bits per heavy atom. The lowest BCUT2D eigenvalue weighted by molar-refractivity contribution is 0.481. The second-order valence-corrected chi connectivity index (χ2v) is 5.03. The molecule has 0 aliphatic heterocycles. The summed E-state index contributed by atoms with van der Waals surface area (Å²) in [6.45, 7) is 6.10. The highest BCUT2D eigenvalue weighted by Crippen LogP contribution is 2.25. The van der Waals surface area contributed by atoms with Crippen molar-refractivity contribution in [2.24, 2.45) is 0 Å². The molecule has 0 bridgehead atoms. The van der Waals surface area contributed by atoms with Crippen molar-refractivity contribution in [3.05, 3.63) is 34.1 Å². The van der Waals surface area contributed by atoms with Gasteiger partial charge in [0, 0.05) is 16.0 Å². The van der Waals surface area contributed by atoms with Gasteiger partial charge in [0.15, 0.2) is 0 Å². The molecule has 16 heavy (non-hydrogen) atoms. The van der Waals surface area contributed by atoms with Crippen molar-refractivity contribution in [2.75, 3.05) is 0 Å². The molecule has 0 radical (unpaired) electrons. The molecule has 0 N–H and O–H groups in total. The van der Waals surface area contributed by atoms with E-state index in [9.17, 15) is 0 Å². The summed E-state index contributed by atoms with van der Waals surface area (Å²) >= 11 is 3.46. The molecule has 84 valence electrons. The third-order valence-electron chi connectivity index (χ3n) is 2.22. The Morgan fingerprint density at radius 1 is 1.19 bits per heavy atom. The summed E-state index contributed by atoms with van der Waals surface area (Å²) in [6, 6.07) is 6.05. The molecule has 0 aliphatic rings. The highest BCUT2D eigenvalue weighted by atomic mass is 79.9.